The van der Waals surface area contributed by atoms with Crippen LogP contribution in [0.1, 0.15) is 18.2 Å². The number of hydrogen-bond donors (Lipinski definition) is 1. The molecule has 0 unspecified atom stereocenters. The fourth-order valence-electron chi connectivity index (χ4n) is 1.55. The molecule has 96 valence electrons. The number of rotatable bonds is 6. The molecule has 18 heavy (non-hydrogen) atoms. The topological polar surface area (TPSA) is 47.3 Å². The van der Waals surface area contributed by atoms with Crippen molar-refractivity contribution in [1.82, 2.24) is 10.5 Å². The van der Waals surface area contributed by atoms with E-state index < -0.39 is 0 Å². The highest BCUT2D eigenvalue weighted by Crippen LogP contribution is 2.20. The van der Waals surface area contributed by atoms with Crippen LogP contribution in [-0.4, -0.2) is 11.7 Å². The minimum absolute atomic E-state index is 0.269. The Morgan fingerprint density at radius 1 is 1.39 bits per heavy atom. The maximum atomic E-state index is 13.2. The van der Waals surface area contributed by atoms with Gasteiger partial charge < -0.3 is 14.6 Å². The maximum absolute atomic E-state index is 13.2. The molecule has 0 saturated carbocycles. The predicted molar refractivity (Wildman–Crippen MR) is 64.6 cm³/mol. The van der Waals surface area contributed by atoms with Crippen LogP contribution in [-0.2, 0) is 13.2 Å². The van der Waals surface area contributed by atoms with E-state index in [1.165, 1.54) is 12.1 Å². The van der Waals surface area contributed by atoms with Crippen molar-refractivity contribution in [3.05, 3.63) is 47.6 Å². The first-order chi connectivity index (χ1) is 8.79. The standard InChI is InChI=1S/C13H15FN2O2/c1-2-15-8-10-7-11(14)3-4-13(10)17-9-12-5-6-16-18-12/h3-7,15H,2,8-9H2,1H3. The minimum atomic E-state index is -0.269. The van der Waals surface area contributed by atoms with Crippen molar-refractivity contribution in [3.63, 3.8) is 0 Å². The molecule has 0 fully saturated rings. The van der Waals surface area contributed by atoms with Crippen molar-refractivity contribution in [3.8, 4) is 5.75 Å². The van der Waals surface area contributed by atoms with E-state index in [-0.39, 0.29) is 12.4 Å². The summed E-state index contributed by atoms with van der Waals surface area (Å²) in [5.74, 6) is 1.01. The number of aromatic nitrogens is 1. The summed E-state index contributed by atoms with van der Waals surface area (Å²) in [5, 5.41) is 6.74. The van der Waals surface area contributed by atoms with Gasteiger partial charge >= 0.3 is 0 Å². The molecule has 1 heterocycles. The monoisotopic (exact) mass is 250 g/mol. The molecule has 0 spiro atoms. The molecule has 0 amide bonds. The van der Waals surface area contributed by atoms with Gasteiger partial charge in [0.25, 0.3) is 0 Å². The van der Waals surface area contributed by atoms with Gasteiger partial charge in [0.15, 0.2) is 5.76 Å². The summed E-state index contributed by atoms with van der Waals surface area (Å²) in [4.78, 5) is 0. The fraction of sp³-hybridized carbons (Fsp3) is 0.308. The van der Waals surface area contributed by atoms with Gasteiger partial charge in [0, 0.05) is 18.2 Å². The first-order valence-electron chi connectivity index (χ1n) is 5.81. The van der Waals surface area contributed by atoms with Crippen LogP contribution in [0.4, 0.5) is 4.39 Å². The van der Waals surface area contributed by atoms with E-state index in [2.05, 4.69) is 10.5 Å². The average Bonchev–Trinajstić information content (AvgIpc) is 2.88. The molecular weight excluding hydrogens is 235 g/mol. The van der Waals surface area contributed by atoms with E-state index in [1.54, 1.807) is 18.3 Å². The van der Waals surface area contributed by atoms with E-state index in [9.17, 15) is 4.39 Å². The minimum Gasteiger partial charge on any atom is -0.485 e. The third kappa shape index (κ3) is 3.30. The van der Waals surface area contributed by atoms with Gasteiger partial charge in [0.05, 0.1) is 6.20 Å². The van der Waals surface area contributed by atoms with E-state index in [1.807, 2.05) is 6.92 Å². The van der Waals surface area contributed by atoms with E-state index in [0.29, 0.717) is 18.1 Å². The lowest BCUT2D eigenvalue weighted by Crippen LogP contribution is -2.13. The first kappa shape index (κ1) is 12.6. The molecule has 2 aromatic rings. The second kappa shape index (κ2) is 6.16. The number of hydrogen-bond acceptors (Lipinski definition) is 4. The molecular formula is C13H15FN2O2. The predicted octanol–water partition coefficient (Wildman–Crippen LogP) is 2.50. The molecule has 0 aliphatic rings. The van der Waals surface area contributed by atoms with Crippen molar-refractivity contribution in [1.29, 1.82) is 0 Å². The second-order valence-corrected chi connectivity index (χ2v) is 3.80. The van der Waals surface area contributed by atoms with Gasteiger partial charge in [-0.15, -0.1) is 0 Å². The Kier molecular flexibility index (Phi) is 4.30. The lowest BCUT2D eigenvalue weighted by molar-refractivity contribution is 0.246. The SMILES string of the molecule is CCNCc1cc(F)ccc1OCc1ccno1. The molecule has 1 N–H and O–H groups in total. The van der Waals surface area contributed by atoms with Gasteiger partial charge in [0.2, 0.25) is 0 Å². The van der Waals surface area contributed by atoms with Gasteiger partial charge in [-0.05, 0) is 24.7 Å². The van der Waals surface area contributed by atoms with Crippen molar-refractivity contribution in [2.75, 3.05) is 6.54 Å². The molecule has 0 atom stereocenters. The summed E-state index contributed by atoms with van der Waals surface area (Å²) < 4.78 is 23.7. The lowest BCUT2D eigenvalue weighted by atomic mass is 10.2. The van der Waals surface area contributed by atoms with Crippen LogP contribution in [0.3, 0.4) is 0 Å². The summed E-state index contributed by atoms with van der Waals surface area (Å²) in [6.45, 7) is 3.66. The highest BCUT2D eigenvalue weighted by molar-refractivity contribution is 5.34. The van der Waals surface area contributed by atoms with Crippen molar-refractivity contribution in [2.24, 2.45) is 0 Å². The van der Waals surface area contributed by atoms with E-state index >= 15 is 0 Å². The van der Waals surface area contributed by atoms with Crippen molar-refractivity contribution >= 4 is 0 Å². The summed E-state index contributed by atoms with van der Waals surface area (Å²) >= 11 is 0. The van der Waals surface area contributed by atoms with E-state index in [0.717, 1.165) is 12.1 Å². The Labute approximate surface area is 105 Å². The summed E-state index contributed by atoms with van der Waals surface area (Å²) in [6.07, 6.45) is 1.56. The van der Waals surface area contributed by atoms with Crippen LogP contribution in [0.25, 0.3) is 0 Å². The Balaban J connectivity index is 2.05. The van der Waals surface area contributed by atoms with Crippen molar-refractivity contribution in [2.45, 2.75) is 20.1 Å². The van der Waals surface area contributed by atoms with Gasteiger partial charge in [-0.1, -0.05) is 12.1 Å². The normalized spacial score (nSPS) is 10.6. The molecule has 5 heteroatoms. The number of nitrogens with zero attached hydrogens (tertiary/aromatic N) is 1. The quantitative estimate of drug-likeness (QED) is 0.855. The average molecular weight is 250 g/mol. The molecule has 0 saturated heterocycles. The molecule has 0 radical (unpaired) electrons. The van der Waals surface area contributed by atoms with Gasteiger partial charge in [-0.25, -0.2) is 4.39 Å². The maximum Gasteiger partial charge on any atom is 0.174 e. The Morgan fingerprint density at radius 2 is 2.28 bits per heavy atom. The molecule has 0 aliphatic carbocycles. The third-order valence-corrected chi connectivity index (χ3v) is 2.45. The van der Waals surface area contributed by atoms with Gasteiger partial charge in [0.1, 0.15) is 18.2 Å². The fourth-order valence-corrected chi connectivity index (χ4v) is 1.55. The zero-order valence-electron chi connectivity index (χ0n) is 10.1. The van der Waals surface area contributed by atoms with E-state index in [4.69, 9.17) is 9.26 Å². The Bertz CT molecular complexity index is 486. The molecule has 0 aliphatic heterocycles. The number of halogens is 1. The summed E-state index contributed by atoms with van der Waals surface area (Å²) in [7, 11) is 0. The van der Waals surface area contributed by atoms with Gasteiger partial charge in [-0.3, -0.25) is 0 Å². The largest absolute Gasteiger partial charge is 0.485 e. The van der Waals surface area contributed by atoms with Crippen LogP contribution in [0.2, 0.25) is 0 Å². The highest BCUT2D eigenvalue weighted by atomic mass is 19.1. The zero-order valence-corrected chi connectivity index (χ0v) is 10.1. The molecule has 1 aromatic heterocycles. The zero-order chi connectivity index (χ0) is 12.8. The third-order valence-electron chi connectivity index (χ3n) is 2.45. The number of ether oxygens (including phenoxy) is 1. The lowest BCUT2D eigenvalue weighted by Gasteiger charge is -2.10. The Hall–Kier alpha value is -1.88. The molecule has 2 rings (SSSR count). The summed E-state index contributed by atoms with van der Waals surface area (Å²) in [6, 6.07) is 6.20. The first-order valence-corrected chi connectivity index (χ1v) is 5.81. The van der Waals surface area contributed by atoms with Crippen LogP contribution < -0.4 is 10.1 Å². The van der Waals surface area contributed by atoms with Crippen molar-refractivity contribution < 1.29 is 13.7 Å². The van der Waals surface area contributed by atoms with Crippen LogP contribution >= 0.6 is 0 Å². The van der Waals surface area contributed by atoms with Gasteiger partial charge in [-0.2, -0.15) is 0 Å². The molecule has 4 nitrogen and oxygen atoms in total. The molecule has 1 aromatic carbocycles. The number of nitrogens with one attached hydrogen (secondary N) is 1. The van der Waals surface area contributed by atoms with Crippen LogP contribution in [0.5, 0.6) is 5.75 Å². The smallest absolute Gasteiger partial charge is 0.174 e. The van der Waals surface area contributed by atoms with Crippen LogP contribution in [0.15, 0.2) is 35.0 Å². The number of benzene rings is 1. The highest BCUT2D eigenvalue weighted by Gasteiger charge is 2.06. The Morgan fingerprint density at radius 3 is 3.00 bits per heavy atom. The summed E-state index contributed by atoms with van der Waals surface area (Å²) in [5.41, 5.74) is 0.788. The molecule has 0 bridgehead atoms. The van der Waals surface area contributed by atoms with Crippen LogP contribution in [0, 0.1) is 5.82 Å². The second-order valence-electron chi connectivity index (χ2n) is 3.80.